The van der Waals surface area contributed by atoms with Crippen LogP contribution in [-0.2, 0) is 17.4 Å². The molecule has 0 radical (unpaired) electrons. The highest BCUT2D eigenvalue weighted by atomic mass is 19.4. The second-order valence-corrected chi connectivity index (χ2v) is 3.35. The number of nitrogens with two attached hydrogens (primary N) is 1. The van der Waals surface area contributed by atoms with E-state index >= 15 is 0 Å². The zero-order valence-electron chi connectivity index (χ0n) is 8.21. The number of alkyl halides is 3. The molecule has 0 fully saturated rings. The van der Waals surface area contributed by atoms with Crippen molar-refractivity contribution >= 4 is 0 Å². The summed E-state index contributed by atoms with van der Waals surface area (Å²) in [4.78, 5) is 4.53. The number of hydrogen-bond acceptors (Lipinski definition) is 2. The summed E-state index contributed by atoms with van der Waals surface area (Å²) < 4.78 is 36.6. The lowest BCUT2D eigenvalue weighted by Gasteiger charge is -2.10. The first kappa shape index (κ1) is 12.0. The van der Waals surface area contributed by atoms with E-state index in [0.29, 0.717) is 6.42 Å². The smallest absolute Gasteiger partial charge is 0.301 e. The zero-order chi connectivity index (χ0) is 11.5. The van der Waals surface area contributed by atoms with Crippen molar-refractivity contribution in [1.29, 1.82) is 0 Å². The molecule has 0 spiro atoms. The van der Waals surface area contributed by atoms with E-state index in [1.54, 1.807) is 6.92 Å². The lowest BCUT2D eigenvalue weighted by atomic mass is 10.1. The van der Waals surface area contributed by atoms with E-state index in [4.69, 9.17) is 5.90 Å². The molecule has 0 saturated heterocycles. The molecular formula is C10H12F3NO. The van der Waals surface area contributed by atoms with Gasteiger partial charge in [0, 0.05) is 6.42 Å². The Kier molecular flexibility index (Phi) is 3.71. The van der Waals surface area contributed by atoms with Gasteiger partial charge in [-0.05, 0) is 24.6 Å². The van der Waals surface area contributed by atoms with Crippen molar-refractivity contribution in [3.05, 3.63) is 35.4 Å². The second kappa shape index (κ2) is 4.63. The normalized spacial score (nSPS) is 13.9. The molecule has 2 nitrogen and oxygen atoms in total. The molecule has 1 aromatic carbocycles. The summed E-state index contributed by atoms with van der Waals surface area (Å²) in [7, 11) is 0. The third-order valence-corrected chi connectivity index (χ3v) is 2.04. The third kappa shape index (κ3) is 3.53. The summed E-state index contributed by atoms with van der Waals surface area (Å²) in [5.74, 6) is 4.94. The Morgan fingerprint density at radius 3 is 2.20 bits per heavy atom. The molecule has 0 aliphatic carbocycles. The summed E-state index contributed by atoms with van der Waals surface area (Å²) in [6, 6.07) is 4.97. The van der Waals surface area contributed by atoms with Gasteiger partial charge in [0.2, 0.25) is 0 Å². The Hall–Kier alpha value is -1.07. The van der Waals surface area contributed by atoms with Gasteiger partial charge in [0.15, 0.2) is 0 Å². The predicted molar refractivity (Wildman–Crippen MR) is 49.9 cm³/mol. The highest BCUT2D eigenvalue weighted by Gasteiger charge is 2.29. The van der Waals surface area contributed by atoms with Crippen LogP contribution >= 0.6 is 0 Å². The van der Waals surface area contributed by atoms with Gasteiger partial charge in [-0.1, -0.05) is 12.1 Å². The molecule has 0 aliphatic rings. The van der Waals surface area contributed by atoms with Crippen LogP contribution in [0.3, 0.4) is 0 Å². The fourth-order valence-corrected chi connectivity index (χ4v) is 1.21. The summed E-state index contributed by atoms with van der Waals surface area (Å²) in [6.45, 7) is 1.75. The molecule has 15 heavy (non-hydrogen) atoms. The Bertz CT molecular complexity index is 307. The van der Waals surface area contributed by atoms with Gasteiger partial charge in [0.05, 0.1) is 11.7 Å². The summed E-state index contributed by atoms with van der Waals surface area (Å²) in [6.07, 6.45) is -4.00. The fourth-order valence-electron chi connectivity index (χ4n) is 1.21. The van der Waals surface area contributed by atoms with E-state index in [2.05, 4.69) is 4.84 Å². The minimum atomic E-state index is -4.28. The lowest BCUT2D eigenvalue weighted by molar-refractivity contribution is -0.137. The molecule has 0 heterocycles. The largest absolute Gasteiger partial charge is 0.416 e. The molecule has 0 bridgehead atoms. The predicted octanol–water partition coefficient (Wildman–Crippen LogP) is 2.53. The maximum atomic E-state index is 12.2. The van der Waals surface area contributed by atoms with E-state index in [1.807, 2.05) is 0 Å². The van der Waals surface area contributed by atoms with Crippen LogP contribution in [0.15, 0.2) is 24.3 Å². The minimum Gasteiger partial charge on any atom is -0.301 e. The Balaban J connectivity index is 2.73. The van der Waals surface area contributed by atoms with Crippen LogP contribution in [0.1, 0.15) is 18.1 Å². The summed E-state index contributed by atoms with van der Waals surface area (Å²) in [5.41, 5.74) is 0.119. The first-order chi connectivity index (χ1) is 6.93. The summed E-state index contributed by atoms with van der Waals surface area (Å²) in [5, 5.41) is 0. The van der Waals surface area contributed by atoms with Gasteiger partial charge in [-0.15, -0.1) is 0 Å². The molecule has 0 amide bonds. The van der Waals surface area contributed by atoms with E-state index in [9.17, 15) is 13.2 Å². The number of hydrogen-bond donors (Lipinski definition) is 1. The van der Waals surface area contributed by atoms with Crippen molar-refractivity contribution in [2.24, 2.45) is 5.90 Å². The highest BCUT2D eigenvalue weighted by Crippen LogP contribution is 2.29. The lowest BCUT2D eigenvalue weighted by Crippen LogP contribution is -2.16. The summed E-state index contributed by atoms with van der Waals surface area (Å²) >= 11 is 0. The quantitative estimate of drug-likeness (QED) is 0.793. The molecule has 1 unspecified atom stereocenters. The molecule has 0 aromatic heterocycles. The molecule has 84 valence electrons. The third-order valence-electron chi connectivity index (χ3n) is 2.04. The average Bonchev–Trinajstić information content (AvgIpc) is 2.17. The van der Waals surface area contributed by atoms with Crippen LogP contribution in [0.5, 0.6) is 0 Å². The van der Waals surface area contributed by atoms with Gasteiger partial charge in [-0.3, -0.25) is 0 Å². The monoisotopic (exact) mass is 219 g/mol. The van der Waals surface area contributed by atoms with Crippen molar-refractivity contribution in [1.82, 2.24) is 0 Å². The molecule has 1 aromatic rings. The topological polar surface area (TPSA) is 35.2 Å². The molecule has 0 aliphatic heterocycles. The maximum Gasteiger partial charge on any atom is 0.416 e. The van der Waals surface area contributed by atoms with Crippen molar-refractivity contribution in [3.63, 3.8) is 0 Å². The van der Waals surface area contributed by atoms with E-state index in [-0.39, 0.29) is 6.10 Å². The second-order valence-electron chi connectivity index (χ2n) is 3.35. The van der Waals surface area contributed by atoms with Crippen LogP contribution in [0.4, 0.5) is 13.2 Å². The Morgan fingerprint density at radius 2 is 1.80 bits per heavy atom. The van der Waals surface area contributed by atoms with Gasteiger partial charge in [0.1, 0.15) is 0 Å². The van der Waals surface area contributed by atoms with Gasteiger partial charge in [0.25, 0.3) is 0 Å². The molecule has 5 heteroatoms. The van der Waals surface area contributed by atoms with Crippen LogP contribution < -0.4 is 5.90 Å². The highest BCUT2D eigenvalue weighted by molar-refractivity contribution is 5.24. The first-order valence-electron chi connectivity index (χ1n) is 4.45. The van der Waals surface area contributed by atoms with E-state index in [0.717, 1.165) is 17.7 Å². The van der Waals surface area contributed by atoms with Gasteiger partial charge < -0.3 is 4.84 Å². The molecule has 0 saturated carbocycles. The molecular weight excluding hydrogens is 207 g/mol. The van der Waals surface area contributed by atoms with Gasteiger partial charge in [-0.25, -0.2) is 5.90 Å². The first-order valence-corrected chi connectivity index (χ1v) is 4.45. The Morgan fingerprint density at radius 1 is 1.27 bits per heavy atom. The minimum absolute atomic E-state index is 0.207. The Labute approximate surface area is 85.8 Å². The van der Waals surface area contributed by atoms with Gasteiger partial charge in [-0.2, -0.15) is 13.2 Å². The number of rotatable bonds is 3. The van der Waals surface area contributed by atoms with Crippen molar-refractivity contribution in [3.8, 4) is 0 Å². The number of benzene rings is 1. The standard InChI is InChI=1S/C10H12F3NO/c1-7(15-14)6-8-2-4-9(5-3-8)10(11,12)13/h2-5,7H,6,14H2,1H3. The van der Waals surface area contributed by atoms with E-state index in [1.165, 1.54) is 12.1 Å². The zero-order valence-corrected chi connectivity index (χ0v) is 8.21. The van der Waals surface area contributed by atoms with Crippen LogP contribution in [0, 0.1) is 0 Å². The molecule has 1 rings (SSSR count). The van der Waals surface area contributed by atoms with Crippen molar-refractivity contribution in [2.75, 3.05) is 0 Å². The van der Waals surface area contributed by atoms with Crippen LogP contribution in [0.2, 0.25) is 0 Å². The van der Waals surface area contributed by atoms with Crippen molar-refractivity contribution in [2.45, 2.75) is 25.6 Å². The SMILES string of the molecule is CC(Cc1ccc(C(F)(F)F)cc1)ON. The van der Waals surface area contributed by atoms with Gasteiger partial charge >= 0.3 is 6.18 Å². The van der Waals surface area contributed by atoms with Crippen LogP contribution in [0.25, 0.3) is 0 Å². The van der Waals surface area contributed by atoms with Crippen molar-refractivity contribution < 1.29 is 18.0 Å². The average molecular weight is 219 g/mol. The van der Waals surface area contributed by atoms with E-state index < -0.39 is 11.7 Å². The molecule has 1 atom stereocenters. The maximum absolute atomic E-state index is 12.2. The molecule has 2 N–H and O–H groups in total. The number of halogens is 3. The fraction of sp³-hybridized carbons (Fsp3) is 0.400. The van der Waals surface area contributed by atoms with Crippen LogP contribution in [-0.4, -0.2) is 6.10 Å².